The minimum absolute atomic E-state index is 0.0853. The number of hydrogen-bond donors (Lipinski definition) is 1. The Balaban J connectivity index is 2.36. The fourth-order valence-electron chi connectivity index (χ4n) is 3.11. The van der Waals surface area contributed by atoms with Crippen molar-refractivity contribution in [2.24, 2.45) is 0 Å². The first-order valence-electron chi connectivity index (χ1n) is 8.77. The first kappa shape index (κ1) is 20.9. The van der Waals surface area contributed by atoms with E-state index in [-0.39, 0.29) is 12.2 Å². The molecular weight excluding hydrogens is 413 g/mol. The van der Waals surface area contributed by atoms with Crippen LogP contribution in [0.1, 0.15) is 37.7 Å². The lowest BCUT2D eigenvalue weighted by Gasteiger charge is -2.34. The van der Waals surface area contributed by atoms with Crippen molar-refractivity contribution < 1.29 is 9.90 Å². The highest BCUT2D eigenvalue weighted by Gasteiger charge is 2.29. The number of aryl methyl sites for hydroxylation is 1. The number of amides is 1. The molecule has 29 heavy (non-hydrogen) atoms. The van der Waals surface area contributed by atoms with Gasteiger partial charge in [0.1, 0.15) is 6.07 Å². The van der Waals surface area contributed by atoms with Crippen LogP contribution in [0.5, 0.6) is 0 Å². The molecule has 7 nitrogen and oxygen atoms in total. The monoisotopic (exact) mass is 431 g/mol. The van der Waals surface area contributed by atoms with Crippen LogP contribution in [-0.2, 0) is 6.54 Å². The second kappa shape index (κ2) is 7.54. The highest BCUT2D eigenvalue weighted by Crippen LogP contribution is 2.35. The average Bonchev–Trinajstić information content (AvgIpc) is 3.01. The number of benzene rings is 1. The van der Waals surface area contributed by atoms with Gasteiger partial charge in [-0.05, 0) is 45.9 Å². The number of carbonyl (C=O) groups is 1. The van der Waals surface area contributed by atoms with Crippen molar-refractivity contribution in [3.8, 4) is 17.3 Å². The Labute approximate surface area is 178 Å². The molecule has 0 atom stereocenters. The summed E-state index contributed by atoms with van der Waals surface area (Å²) in [6.45, 7) is 7.33. The molecular formula is C20H19Cl2N5O2. The summed E-state index contributed by atoms with van der Waals surface area (Å²) in [5.41, 5.74) is 2.10. The van der Waals surface area contributed by atoms with E-state index in [1.807, 2.05) is 26.8 Å². The van der Waals surface area contributed by atoms with Crippen molar-refractivity contribution in [3.63, 3.8) is 0 Å². The van der Waals surface area contributed by atoms with Crippen LogP contribution in [0.25, 0.3) is 17.0 Å². The van der Waals surface area contributed by atoms with Crippen LogP contribution >= 0.6 is 23.2 Å². The maximum atomic E-state index is 11.9. The summed E-state index contributed by atoms with van der Waals surface area (Å²) in [5.74, 6) is 0.335. The first-order chi connectivity index (χ1) is 13.5. The summed E-state index contributed by atoms with van der Waals surface area (Å²) < 4.78 is 1.67. The van der Waals surface area contributed by atoms with Gasteiger partial charge in [-0.3, -0.25) is 9.30 Å². The van der Waals surface area contributed by atoms with Crippen molar-refractivity contribution in [3.05, 3.63) is 51.4 Å². The second-order valence-electron chi connectivity index (χ2n) is 7.60. The molecule has 0 saturated carbocycles. The van der Waals surface area contributed by atoms with Gasteiger partial charge < -0.3 is 5.11 Å². The lowest BCUT2D eigenvalue weighted by Crippen LogP contribution is -2.44. The van der Waals surface area contributed by atoms with Crippen LogP contribution in [0.15, 0.2) is 24.4 Å². The quantitative estimate of drug-likeness (QED) is 0.617. The van der Waals surface area contributed by atoms with Crippen LogP contribution in [-0.4, -0.2) is 36.0 Å². The van der Waals surface area contributed by atoms with Crippen molar-refractivity contribution in [1.29, 1.82) is 5.26 Å². The van der Waals surface area contributed by atoms with Gasteiger partial charge in [-0.15, -0.1) is 0 Å². The van der Waals surface area contributed by atoms with Gasteiger partial charge in [0.2, 0.25) is 5.78 Å². The highest BCUT2D eigenvalue weighted by atomic mass is 35.5. The van der Waals surface area contributed by atoms with E-state index in [1.54, 1.807) is 35.7 Å². The fraction of sp³-hybridized carbons (Fsp3) is 0.300. The van der Waals surface area contributed by atoms with Crippen LogP contribution in [0.4, 0.5) is 4.79 Å². The van der Waals surface area contributed by atoms with Gasteiger partial charge in [-0.25, -0.2) is 9.78 Å². The molecule has 1 N–H and O–H groups in total. The third-order valence-electron chi connectivity index (χ3n) is 4.58. The maximum absolute atomic E-state index is 11.9. The van der Waals surface area contributed by atoms with E-state index in [0.717, 1.165) is 0 Å². The molecule has 0 bridgehead atoms. The molecule has 0 aliphatic rings. The molecule has 2 aromatic heterocycles. The molecule has 0 aliphatic carbocycles. The van der Waals surface area contributed by atoms with E-state index >= 15 is 0 Å². The van der Waals surface area contributed by atoms with Crippen LogP contribution in [0.3, 0.4) is 0 Å². The number of imidazole rings is 1. The average molecular weight is 432 g/mol. The van der Waals surface area contributed by atoms with Gasteiger partial charge in [0.25, 0.3) is 0 Å². The fourth-order valence-corrected chi connectivity index (χ4v) is 3.61. The van der Waals surface area contributed by atoms with E-state index in [4.69, 9.17) is 23.2 Å². The third kappa shape index (κ3) is 4.00. The minimum Gasteiger partial charge on any atom is -0.465 e. The van der Waals surface area contributed by atoms with E-state index in [9.17, 15) is 15.2 Å². The zero-order valence-corrected chi connectivity index (χ0v) is 17.9. The topological polar surface area (TPSA) is 94.5 Å². The predicted molar refractivity (Wildman–Crippen MR) is 111 cm³/mol. The number of carboxylic acid groups (broad SMARTS) is 1. The standard InChI is InChI=1S/C20H19Cl2N5O2/c1-11-15(10-27(19(28)29)20(2,3)4)17(14-6-5-12(21)7-16(14)22)26-9-13(8-23)25-18(26)24-11/h5-7,9H,10H2,1-4H3,(H,28,29). The smallest absolute Gasteiger partial charge is 0.408 e. The lowest BCUT2D eigenvalue weighted by molar-refractivity contribution is 0.0954. The van der Waals surface area contributed by atoms with Gasteiger partial charge in [0.05, 0.1) is 17.3 Å². The molecule has 0 saturated heterocycles. The summed E-state index contributed by atoms with van der Waals surface area (Å²) in [5, 5.41) is 19.9. The van der Waals surface area contributed by atoms with Crippen molar-refractivity contribution in [2.45, 2.75) is 39.8 Å². The second-order valence-corrected chi connectivity index (χ2v) is 8.44. The highest BCUT2D eigenvalue weighted by molar-refractivity contribution is 6.36. The number of nitrogens with zero attached hydrogens (tertiary/aromatic N) is 5. The maximum Gasteiger partial charge on any atom is 0.408 e. The molecule has 2 heterocycles. The number of nitriles is 1. The van der Waals surface area contributed by atoms with Crippen LogP contribution in [0.2, 0.25) is 10.0 Å². The Morgan fingerprint density at radius 2 is 2.00 bits per heavy atom. The van der Waals surface area contributed by atoms with E-state index < -0.39 is 11.6 Å². The molecule has 0 unspecified atom stereocenters. The molecule has 1 amide bonds. The van der Waals surface area contributed by atoms with Crippen molar-refractivity contribution >= 4 is 35.1 Å². The molecule has 0 fully saturated rings. The molecule has 1 aromatic carbocycles. The zero-order valence-electron chi connectivity index (χ0n) is 16.4. The molecule has 0 aliphatic heterocycles. The summed E-state index contributed by atoms with van der Waals surface area (Å²) in [6, 6.07) is 7.09. The van der Waals surface area contributed by atoms with Gasteiger partial charge >= 0.3 is 6.09 Å². The summed E-state index contributed by atoms with van der Waals surface area (Å²) in [6.07, 6.45) is 0.516. The Kier molecular flexibility index (Phi) is 5.44. The van der Waals surface area contributed by atoms with Gasteiger partial charge in [-0.1, -0.05) is 23.2 Å². The molecule has 3 aromatic rings. The number of fused-ring (bicyclic) bond motifs is 1. The molecule has 150 valence electrons. The Hall–Kier alpha value is -2.82. The minimum atomic E-state index is -1.05. The molecule has 9 heteroatoms. The van der Waals surface area contributed by atoms with E-state index in [2.05, 4.69) is 9.97 Å². The summed E-state index contributed by atoms with van der Waals surface area (Å²) in [4.78, 5) is 22.0. The van der Waals surface area contributed by atoms with Crippen molar-refractivity contribution in [1.82, 2.24) is 19.3 Å². The molecule has 0 spiro atoms. The number of halogens is 2. The van der Waals surface area contributed by atoms with Gasteiger partial charge in [-0.2, -0.15) is 10.2 Å². The SMILES string of the molecule is Cc1nc2nc(C#N)cn2c(-c2ccc(Cl)cc2Cl)c1CN(C(=O)O)C(C)(C)C. The Morgan fingerprint density at radius 1 is 1.31 bits per heavy atom. The number of aromatic nitrogens is 3. The molecule has 3 rings (SSSR count). The van der Waals surface area contributed by atoms with Crippen LogP contribution < -0.4 is 0 Å². The molecule has 0 radical (unpaired) electrons. The normalized spacial score (nSPS) is 11.5. The Morgan fingerprint density at radius 3 is 2.55 bits per heavy atom. The summed E-state index contributed by atoms with van der Waals surface area (Å²) in [7, 11) is 0. The van der Waals surface area contributed by atoms with E-state index in [0.29, 0.717) is 38.3 Å². The predicted octanol–water partition coefficient (Wildman–Crippen LogP) is 5.16. The van der Waals surface area contributed by atoms with Crippen molar-refractivity contribution in [2.75, 3.05) is 0 Å². The Bertz CT molecular complexity index is 1160. The lowest BCUT2D eigenvalue weighted by atomic mass is 10.0. The van der Waals surface area contributed by atoms with Gasteiger partial charge in [0, 0.05) is 33.6 Å². The van der Waals surface area contributed by atoms with E-state index in [1.165, 1.54) is 4.90 Å². The summed E-state index contributed by atoms with van der Waals surface area (Å²) >= 11 is 12.5. The third-order valence-corrected chi connectivity index (χ3v) is 5.12. The zero-order chi connectivity index (χ0) is 21.5. The number of hydrogen-bond acceptors (Lipinski definition) is 4. The largest absolute Gasteiger partial charge is 0.465 e. The number of rotatable bonds is 3. The first-order valence-corrected chi connectivity index (χ1v) is 9.53. The van der Waals surface area contributed by atoms with Crippen LogP contribution in [0, 0.1) is 18.3 Å². The van der Waals surface area contributed by atoms with Gasteiger partial charge in [0.15, 0.2) is 5.69 Å².